The smallest absolute Gasteiger partial charge is 0.433 e. The van der Waals surface area contributed by atoms with Crippen molar-refractivity contribution in [1.29, 1.82) is 0 Å². The normalized spacial score (nSPS) is 15.8. The van der Waals surface area contributed by atoms with Crippen molar-refractivity contribution in [3.63, 3.8) is 0 Å². The number of nitrogens with zero attached hydrogens (tertiary/aromatic N) is 1. The van der Waals surface area contributed by atoms with E-state index >= 15 is 0 Å². The summed E-state index contributed by atoms with van der Waals surface area (Å²) in [7, 11) is 0. The Morgan fingerprint density at radius 3 is 2.50 bits per heavy atom. The molecule has 138 valence electrons. The number of carbonyl (C=O) groups is 1. The minimum atomic E-state index is -4.53. The van der Waals surface area contributed by atoms with Gasteiger partial charge in [0, 0.05) is 17.7 Å². The molecule has 3 rings (SSSR count). The van der Waals surface area contributed by atoms with Gasteiger partial charge < -0.3 is 15.4 Å². The number of carbonyl (C=O) groups excluding carboxylic acids is 1. The minimum absolute atomic E-state index is 0.0651. The van der Waals surface area contributed by atoms with Gasteiger partial charge in [-0.15, -0.1) is 0 Å². The molecule has 2 heterocycles. The second-order valence-electron chi connectivity index (χ2n) is 6.18. The van der Waals surface area contributed by atoms with Crippen molar-refractivity contribution in [3.05, 3.63) is 48.2 Å². The van der Waals surface area contributed by atoms with Crippen LogP contribution in [0.25, 0.3) is 0 Å². The summed E-state index contributed by atoms with van der Waals surface area (Å²) in [4.78, 5) is 15.6. The molecule has 2 aromatic rings. The quantitative estimate of drug-likeness (QED) is 0.848. The molecule has 0 spiro atoms. The van der Waals surface area contributed by atoms with Gasteiger partial charge >= 0.3 is 6.18 Å². The molecule has 0 radical (unpaired) electrons. The van der Waals surface area contributed by atoms with Gasteiger partial charge in [0.15, 0.2) is 0 Å². The fourth-order valence-corrected chi connectivity index (χ4v) is 2.49. The van der Waals surface area contributed by atoms with Crippen LogP contribution in [0.5, 0.6) is 11.6 Å². The summed E-state index contributed by atoms with van der Waals surface area (Å²) in [5, 5.41) is 5.96. The SMILES string of the molecule is CC(C(=O)Nc1ccc(Oc2cccc(C(F)(F)F)n2)cc1)C1CNC1. The number of rotatable bonds is 5. The average molecular weight is 365 g/mol. The molecule has 1 fully saturated rings. The van der Waals surface area contributed by atoms with E-state index in [9.17, 15) is 18.0 Å². The van der Waals surface area contributed by atoms with Crippen LogP contribution in [0.4, 0.5) is 18.9 Å². The highest BCUT2D eigenvalue weighted by Crippen LogP contribution is 2.30. The largest absolute Gasteiger partial charge is 0.439 e. The molecule has 0 aliphatic carbocycles. The highest BCUT2D eigenvalue weighted by molar-refractivity contribution is 5.92. The molecule has 1 aromatic carbocycles. The molecular formula is C18H18F3N3O2. The van der Waals surface area contributed by atoms with Crippen LogP contribution in [-0.2, 0) is 11.0 Å². The molecule has 1 unspecified atom stereocenters. The Morgan fingerprint density at radius 2 is 1.92 bits per heavy atom. The van der Waals surface area contributed by atoms with Crippen molar-refractivity contribution in [1.82, 2.24) is 10.3 Å². The van der Waals surface area contributed by atoms with Crippen LogP contribution in [0.2, 0.25) is 0 Å². The summed E-state index contributed by atoms with van der Waals surface area (Å²) in [6.45, 7) is 3.56. The molecule has 0 bridgehead atoms. The maximum absolute atomic E-state index is 12.7. The molecule has 1 amide bonds. The van der Waals surface area contributed by atoms with Crippen LogP contribution >= 0.6 is 0 Å². The molecular weight excluding hydrogens is 347 g/mol. The fraction of sp³-hybridized carbons (Fsp3) is 0.333. The topological polar surface area (TPSA) is 63.2 Å². The second-order valence-corrected chi connectivity index (χ2v) is 6.18. The van der Waals surface area contributed by atoms with E-state index < -0.39 is 11.9 Å². The first kappa shape index (κ1) is 18.2. The summed E-state index contributed by atoms with van der Waals surface area (Å²) in [5.41, 5.74) is -0.420. The van der Waals surface area contributed by atoms with Crippen molar-refractivity contribution in [2.75, 3.05) is 18.4 Å². The summed E-state index contributed by atoms with van der Waals surface area (Å²) in [6, 6.07) is 9.85. The molecule has 1 aliphatic heterocycles. The van der Waals surface area contributed by atoms with E-state index in [1.165, 1.54) is 12.1 Å². The average Bonchev–Trinajstić information content (AvgIpc) is 2.54. The second kappa shape index (κ2) is 7.33. The van der Waals surface area contributed by atoms with Gasteiger partial charge in [0.25, 0.3) is 0 Å². The van der Waals surface area contributed by atoms with Gasteiger partial charge in [0.1, 0.15) is 11.4 Å². The van der Waals surface area contributed by atoms with E-state index in [-0.39, 0.29) is 17.7 Å². The molecule has 2 N–H and O–H groups in total. The Kier molecular flexibility index (Phi) is 5.13. The fourth-order valence-electron chi connectivity index (χ4n) is 2.49. The zero-order chi connectivity index (χ0) is 18.7. The van der Waals surface area contributed by atoms with E-state index in [0.717, 1.165) is 19.2 Å². The Bertz CT molecular complexity index is 774. The zero-order valence-corrected chi connectivity index (χ0v) is 14.0. The lowest BCUT2D eigenvalue weighted by atomic mass is 9.88. The van der Waals surface area contributed by atoms with Crippen LogP contribution in [0.1, 0.15) is 12.6 Å². The first-order valence-corrected chi connectivity index (χ1v) is 8.16. The maximum Gasteiger partial charge on any atom is 0.433 e. The summed E-state index contributed by atoms with van der Waals surface area (Å²) in [6.07, 6.45) is -4.53. The standard InChI is InChI=1S/C18H18F3N3O2/c1-11(12-9-22-10-12)17(25)23-13-5-7-14(8-6-13)26-16-4-2-3-15(24-16)18(19,20)21/h2-8,11-12,22H,9-10H2,1H3,(H,23,25). The highest BCUT2D eigenvalue weighted by Gasteiger charge is 2.32. The summed E-state index contributed by atoms with van der Waals surface area (Å²) in [5.74, 6) is 0.351. The van der Waals surface area contributed by atoms with Crippen molar-refractivity contribution in [2.45, 2.75) is 13.1 Å². The number of aromatic nitrogens is 1. The van der Waals surface area contributed by atoms with E-state index in [2.05, 4.69) is 15.6 Å². The van der Waals surface area contributed by atoms with Crippen LogP contribution in [-0.4, -0.2) is 24.0 Å². The van der Waals surface area contributed by atoms with Crippen molar-refractivity contribution in [3.8, 4) is 11.6 Å². The van der Waals surface area contributed by atoms with Gasteiger partial charge in [-0.05, 0) is 49.3 Å². The first-order valence-electron chi connectivity index (χ1n) is 8.16. The van der Waals surface area contributed by atoms with E-state index in [4.69, 9.17) is 4.74 Å². The Morgan fingerprint density at radius 1 is 1.23 bits per heavy atom. The predicted molar refractivity (Wildman–Crippen MR) is 89.9 cm³/mol. The van der Waals surface area contributed by atoms with Gasteiger partial charge in [-0.1, -0.05) is 13.0 Å². The lowest BCUT2D eigenvalue weighted by Gasteiger charge is -2.31. The summed E-state index contributed by atoms with van der Waals surface area (Å²) < 4.78 is 43.4. The Labute approximate surface area is 148 Å². The number of amides is 1. The monoisotopic (exact) mass is 365 g/mol. The number of hydrogen-bond donors (Lipinski definition) is 2. The van der Waals surface area contributed by atoms with Crippen LogP contribution < -0.4 is 15.4 Å². The highest BCUT2D eigenvalue weighted by atomic mass is 19.4. The predicted octanol–water partition coefficient (Wildman–Crippen LogP) is 3.69. The third kappa shape index (κ3) is 4.32. The summed E-state index contributed by atoms with van der Waals surface area (Å²) >= 11 is 0. The molecule has 26 heavy (non-hydrogen) atoms. The number of anilines is 1. The minimum Gasteiger partial charge on any atom is -0.439 e. The molecule has 1 atom stereocenters. The van der Waals surface area contributed by atoms with Gasteiger partial charge in [-0.3, -0.25) is 4.79 Å². The number of halogens is 3. The van der Waals surface area contributed by atoms with Crippen molar-refractivity contribution >= 4 is 11.6 Å². The maximum atomic E-state index is 12.7. The number of benzene rings is 1. The van der Waals surface area contributed by atoms with Crippen molar-refractivity contribution in [2.24, 2.45) is 11.8 Å². The number of ether oxygens (including phenoxy) is 1. The lowest BCUT2D eigenvalue weighted by molar-refractivity contribution is -0.141. The Hall–Kier alpha value is -2.61. The van der Waals surface area contributed by atoms with E-state index in [0.29, 0.717) is 17.4 Å². The molecule has 8 heteroatoms. The third-order valence-electron chi connectivity index (χ3n) is 4.29. The van der Waals surface area contributed by atoms with Gasteiger partial charge in [-0.2, -0.15) is 13.2 Å². The molecule has 1 saturated heterocycles. The zero-order valence-electron chi connectivity index (χ0n) is 14.0. The van der Waals surface area contributed by atoms with Gasteiger partial charge in [0.05, 0.1) is 0 Å². The van der Waals surface area contributed by atoms with E-state index in [1.807, 2.05) is 6.92 Å². The van der Waals surface area contributed by atoms with Crippen LogP contribution in [0.15, 0.2) is 42.5 Å². The number of alkyl halides is 3. The lowest BCUT2D eigenvalue weighted by Crippen LogP contribution is -2.48. The third-order valence-corrected chi connectivity index (χ3v) is 4.29. The molecule has 1 aromatic heterocycles. The molecule has 0 saturated carbocycles. The number of pyridine rings is 1. The van der Waals surface area contributed by atoms with Crippen molar-refractivity contribution < 1.29 is 22.7 Å². The molecule has 1 aliphatic rings. The number of hydrogen-bond acceptors (Lipinski definition) is 4. The van der Waals surface area contributed by atoms with Crippen LogP contribution in [0, 0.1) is 11.8 Å². The van der Waals surface area contributed by atoms with E-state index in [1.54, 1.807) is 24.3 Å². The Balaban J connectivity index is 1.62. The first-order chi connectivity index (χ1) is 12.3. The molecule has 5 nitrogen and oxygen atoms in total. The van der Waals surface area contributed by atoms with Gasteiger partial charge in [0.2, 0.25) is 11.8 Å². The van der Waals surface area contributed by atoms with Crippen LogP contribution in [0.3, 0.4) is 0 Å². The number of nitrogens with one attached hydrogen (secondary N) is 2. The van der Waals surface area contributed by atoms with Gasteiger partial charge in [-0.25, -0.2) is 4.98 Å².